The lowest BCUT2D eigenvalue weighted by molar-refractivity contribution is -0.156. The van der Waals surface area contributed by atoms with Crippen molar-refractivity contribution in [2.75, 3.05) is 7.11 Å². The Kier molecular flexibility index (Phi) is 11.3. The molecule has 0 spiro atoms. The summed E-state index contributed by atoms with van der Waals surface area (Å²) in [5, 5.41) is 2.74. The fourth-order valence-corrected chi connectivity index (χ4v) is 4.79. The van der Waals surface area contributed by atoms with E-state index in [0.29, 0.717) is 25.4 Å². The maximum Gasteiger partial charge on any atom is 0.328 e. The first-order chi connectivity index (χ1) is 18.7. The van der Waals surface area contributed by atoms with Crippen LogP contribution >= 0.6 is 0 Å². The Balaban J connectivity index is 1.78. The zero-order chi connectivity index (χ0) is 28.4. The normalized spacial score (nSPS) is 21.7. The maximum absolute atomic E-state index is 13.2. The topological polar surface area (TPSA) is 113 Å². The van der Waals surface area contributed by atoms with E-state index in [1.54, 1.807) is 0 Å². The summed E-state index contributed by atoms with van der Waals surface area (Å²) in [6.07, 6.45) is 4.45. The van der Waals surface area contributed by atoms with Crippen molar-refractivity contribution in [1.82, 2.24) is 10.3 Å². The Hall–Kier alpha value is -3.46. The number of benzene rings is 1. The van der Waals surface area contributed by atoms with Crippen LogP contribution in [-0.4, -0.2) is 48.2 Å². The van der Waals surface area contributed by atoms with Gasteiger partial charge in [-0.2, -0.15) is 0 Å². The zero-order valence-electron chi connectivity index (χ0n) is 23.5. The van der Waals surface area contributed by atoms with Crippen molar-refractivity contribution in [2.45, 2.75) is 84.7 Å². The summed E-state index contributed by atoms with van der Waals surface area (Å²) < 4.78 is 22.8. The van der Waals surface area contributed by atoms with Crippen LogP contribution in [0.3, 0.4) is 0 Å². The van der Waals surface area contributed by atoms with E-state index in [1.807, 2.05) is 37.3 Å². The molecule has 1 aliphatic heterocycles. The molecule has 9 nitrogen and oxygen atoms in total. The molecule has 1 aliphatic rings. The summed E-state index contributed by atoms with van der Waals surface area (Å²) in [5.74, 6) is -1.19. The van der Waals surface area contributed by atoms with Gasteiger partial charge < -0.3 is 24.3 Å². The summed E-state index contributed by atoms with van der Waals surface area (Å²) in [7, 11) is 1.40. The molecule has 0 aliphatic carbocycles. The third-order valence-corrected chi connectivity index (χ3v) is 6.89. The number of amides is 1. The Morgan fingerprint density at radius 3 is 2.56 bits per heavy atom. The van der Waals surface area contributed by atoms with Gasteiger partial charge in [-0.25, -0.2) is 9.78 Å². The van der Waals surface area contributed by atoms with Crippen LogP contribution in [0.1, 0.15) is 75.9 Å². The third-order valence-electron chi connectivity index (χ3n) is 6.89. The summed E-state index contributed by atoms with van der Waals surface area (Å²) in [4.78, 5) is 42.2. The summed E-state index contributed by atoms with van der Waals surface area (Å²) in [5.41, 5.74) is 0.938. The van der Waals surface area contributed by atoms with Gasteiger partial charge in [-0.1, -0.05) is 50.6 Å². The number of carbonyl (C=O) groups is 3. The van der Waals surface area contributed by atoms with Crippen molar-refractivity contribution in [3.8, 4) is 11.5 Å². The lowest BCUT2D eigenvalue weighted by Gasteiger charge is -2.31. The van der Waals surface area contributed by atoms with Gasteiger partial charge in [0.1, 0.15) is 12.1 Å². The average molecular weight is 541 g/mol. The Morgan fingerprint density at radius 2 is 1.90 bits per heavy atom. The predicted octanol–water partition coefficient (Wildman–Crippen LogP) is 4.87. The average Bonchev–Trinajstić information content (AvgIpc) is 2.95. The van der Waals surface area contributed by atoms with E-state index in [4.69, 9.17) is 18.9 Å². The lowest BCUT2D eigenvalue weighted by atomic mass is 9.86. The van der Waals surface area contributed by atoms with Crippen LogP contribution in [-0.2, 0) is 25.7 Å². The molecule has 9 heteroatoms. The van der Waals surface area contributed by atoms with E-state index in [0.717, 1.165) is 24.8 Å². The van der Waals surface area contributed by atoms with Gasteiger partial charge in [-0.05, 0) is 44.1 Å². The van der Waals surface area contributed by atoms with Crippen molar-refractivity contribution in [1.29, 1.82) is 0 Å². The number of methoxy groups -OCH3 is 1. The molecule has 212 valence electrons. The second kappa shape index (κ2) is 14.6. The zero-order valence-corrected chi connectivity index (χ0v) is 23.5. The molecule has 1 N–H and O–H groups in total. The lowest BCUT2D eigenvalue weighted by Crippen LogP contribution is -2.43. The molecule has 4 atom stereocenters. The molecule has 1 aromatic carbocycles. The predicted molar refractivity (Wildman–Crippen MR) is 145 cm³/mol. The minimum Gasteiger partial charge on any atom is -0.493 e. The first-order valence-corrected chi connectivity index (χ1v) is 13.6. The highest BCUT2D eigenvalue weighted by atomic mass is 16.6. The minimum atomic E-state index is -0.892. The molecule has 2 aromatic rings. The van der Waals surface area contributed by atoms with Crippen LogP contribution in [0.5, 0.6) is 11.5 Å². The van der Waals surface area contributed by atoms with Gasteiger partial charge in [0.15, 0.2) is 11.4 Å². The smallest absolute Gasteiger partial charge is 0.328 e. The van der Waals surface area contributed by atoms with Crippen molar-refractivity contribution in [3.63, 3.8) is 0 Å². The number of nitrogens with zero attached hydrogens (tertiary/aromatic N) is 1. The van der Waals surface area contributed by atoms with Crippen LogP contribution in [0.4, 0.5) is 0 Å². The number of carbonyl (C=O) groups excluding carboxylic acids is 3. The molecule has 0 saturated carbocycles. The second-order valence-electron chi connectivity index (χ2n) is 10.4. The highest BCUT2D eigenvalue weighted by Gasteiger charge is 2.35. The van der Waals surface area contributed by atoms with E-state index in [2.05, 4.69) is 24.1 Å². The van der Waals surface area contributed by atoms with Gasteiger partial charge in [-0.15, -0.1) is 0 Å². The number of cyclic esters (lactones) is 1. The quantitative estimate of drug-likeness (QED) is 0.425. The van der Waals surface area contributed by atoms with Gasteiger partial charge in [0.05, 0.1) is 19.8 Å². The Bertz CT molecular complexity index is 1110. The molecule has 1 amide bonds. The summed E-state index contributed by atoms with van der Waals surface area (Å²) in [6, 6.07) is 10.6. The van der Waals surface area contributed by atoms with Crippen LogP contribution in [0.15, 0.2) is 42.6 Å². The van der Waals surface area contributed by atoms with Crippen molar-refractivity contribution in [3.05, 3.63) is 53.9 Å². The maximum atomic E-state index is 13.2. The highest BCUT2D eigenvalue weighted by Crippen LogP contribution is 2.31. The van der Waals surface area contributed by atoms with E-state index < -0.39 is 30.0 Å². The van der Waals surface area contributed by atoms with E-state index in [9.17, 15) is 14.4 Å². The molecule has 1 fully saturated rings. The van der Waals surface area contributed by atoms with Crippen molar-refractivity contribution >= 4 is 17.8 Å². The molecular weight excluding hydrogens is 500 g/mol. The van der Waals surface area contributed by atoms with Gasteiger partial charge in [0.2, 0.25) is 5.75 Å². The van der Waals surface area contributed by atoms with Crippen LogP contribution in [0.2, 0.25) is 0 Å². The molecule has 0 unspecified atom stereocenters. The second-order valence-corrected chi connectivity index (χ2v) is 10.4. The van der Waals surface area contributed by atoms with Crippen LogP contribution < -0.4 is 14.8 Å². The summed E-state index contributed by atoms with van der Waals surface area (Å²) >= 11 is 0. The number of nitrogens with one attached hydrogen (secondary N) is 1. The van der Waals surface area contributed by atoms with Crippen molar-refractivity contribution in [2.24, 2.45) is 11.8 Å². The standard InChI is InChI=1S/C30H40N2O7/c1-19(2)14-15-23-20(3)38-30(35)24(12-9-13-25(23)37-18-22-10-7-6-8-11-22)32-29(34)27-28(39-21(4)33)26(36-5)16-17-31-27/h6-8,10-11,16-17,19-20,23-25H,9,12-15,18H2,1-5H3,(H,32,34)/t20-,23-,24-,25-/m0/s1. The first kappa shape index (κ1) is 30.1. The molecule has 3 rings (SSSR count). The third kappa shape index (κ3) is 8.78. The van der Waals surface area contributed by atoms with E-state index in [-0.39, 0.29) is 29.2 Å². The van der Waals surface area contributed by atoms with Gasteiger partial charge in [0.25, 0.3) is 5.91 Å². The number of rotatable bonds is 10. The first-order valence-electron chi connectivity index (χ1n) is 13.6. The number of hydrogen-bond acceptors (Lipinski definition) is 8. The molecule has 1 saturated heterocycles. The molecule has 39 heavy (non-hydrogen) atoms. The monoisotopic (exact) mass is 540 g/mol. The van der Waals surface area contributed by atoms with Gasteiger partial charge >= 0.3 is 11.9 Å². The number of ether oxygens (including phenoxy) is 4. The molecule has 2 heterocycles. The Labute approximate surface area is 230 Å². The summed E-state index contributed by atoms with van der Waals surface area (Å²) in [6.45, 7) is 7.94. The number of pyridine rings is 1. The minimum absolute atomic E-state index is 0.0186. The van der Waals surface area contributed by atoms with E-state index >= 15 is 0 Å². The number of esters is 2. The fourth-order valence-electron chi connectivity index (χ4n) is 4.79. The highest BCUT2D eigenvalue weighted by molar-refractivity contribution is 5.98. The van der Waals surface area contributed by atoms with Crippen molar-refractivity contribution < 1.29 is 33.3 Å². The molecule has 1 aromatic heterocycles. The SMILES string of the molecule is COc1ccnc(C(=O)N[C@H]2CCC[C@H](OCc3ccccc3)[C@@H](CCC(C)C)[C@H](C)OC2=O)c1OC(C)=O. The molecule has 0 radical (unpaired) electrons. The Morgan fingerprint density at radius 1 is 1.15 bits per heavy atom. The van der Waals surface area contributed by atoms with E-state index in [1.165, 1.54) is 26.3 Å². The van der Waals surface area contributed by atoms with Crippen LogP contribution in [0, 0.1) is 11.8 Å². The number of hydrogen-bond donors (Lipinski definition) is 1. The van der Waals surface area contributed by atoms with Gasteiger partial charge in [-0.3, -0.25) is 9.59 Å². The molecule has 0 bridgehead atoms. The largest absolute Gasteiger partial charge is 0.493 e. The fraction of sp³-hybridized carbons (Fsp3) is 0.533. The van der Waals surface area contributed by atoms with Crippen LogP contribution in [0.25, 0.3) is 0 Å². The number of aromatic nitrogens is 1. The molecular formula is C30H40N2O7. The van der Waals surface area contributed by atoms with Gasteiger partial charge in [0, 0.05) is 25.1 Å².